The number of hydrogen-bond donors (Lipinski definition) is 1. The normalized spacial score (nSPS) is 21.7. The number of benzene rings is 2. The van der Waals surface area contributed by atoms with Crippen molar-refractivity contribution in [3.63, 3.8) is 0 Å². The van der Waals surface area contributed by atoms with E-state index in [-0.39, 0.29) is 0 Å². The van der Waals surface area contributed by atoms with Gasteiger partial charge in [-0.15, -0.1) is 0 Å². The Bertz CT molecular complexity index is 735. The molecule has 0 aliphatic heterocycles. The Labute approximate surface area is 119 Å². The Morgan fingerprint density at radius 3 is 2.35 bits per heavy atom. The fourth-order valence-electron chi connectivity index (χ4n) is 2.79. The summed E-state index contributed by atoms with van der Waals surface area (Å²) in [5.41, 5.74) is 9.20. The number of sulfone groups is 1. The van der Waals surface area contributed by atoms with Crippen LogP contribution in [0.15, 0.2) is 53.4 Å². The third-order valence-electron chi connectivity index (χ3n) is 3.98. The standard InChI is InChI=1S/C16H17NO2S/c1-11-6-8-13(9-7-11)20(18,19)15-10-12-4-2-3-5-14(12)16(15)17/h2-9,15-16H,10,17H2,1H3. The molecule has 0 amide bonds. The molecule has 0 fully saturated rings. The predicted molar refractivity (Wildman–Crippen MR) is 79.2 cm³/mol. The smallest absolute Gasteiger partial charge is 0.183 e. The van der Waals surface area contributed by atoms with E-state index in [1.807, 2.05) is 43.3 Å². The highest BCUT2D eigenvalue weighted by atomic mass is 32.2. The predicted octanol–water partition coefficient (Wildman–Crippen LogP) is 2.39. The lowest BCUT2D eigenvalue weighted by molar-refractivity contribution is 0.565. The van der Waals surface area contributed by atoms with Gasteiger partial charge >= 0.3 is 0 Å². The van der Waals surface area contributed by atoms with Gasteiger partial charge in [-0.3, -0.25) is 0 Å². The van der Waals surface area contributed by atoms with E-state index < -0.39 is 21.1 Å². The summed E-state index contributed by atoms with van der Waals surface area (Å²) in [5.74, 6) is 0. The Morgan fingerprint density at radius 1 is 1.05 bits per heavy atom. The van der Waals surface area contributed by atoms with Crippen molar-refractivity contribution in [1.82, 2.24) is 0 Å². The number of rotatable bonds is 2. The first kappa shape index (κ1) is 13.3. The second-order valence-electron chi connectivity index (χ2n) is 5.33. The van der Waals surface area contributed by atoms with Gasteiger partial charge in [0.05, 0.1) is 10.1 Å². The second kappa shape index (κ2) is 4.72. The Morgan fingerprint density at radius 2 is 1.70 bits per heavy atom. The average molecular weight is 287 g/mol. The van der Waals surface area contributed by atoms with Crippen LogP contribution in [0.4, 0.5) is 0 Å². The average Bonchev–Trinajstić information content (AvgIpc) is 2.78. The lowest BCUT2D eigenvalue weighted by Gasteiger charge is -2.17. The van der Waals surface area contributed by atoms with E-state index in [0.717, 1.165) is 16.7 Å². The molecule has 0 aromatic heterocycles. The minimum absolute atomic E-state index is 0.358. The highest BCUT2D eigenvalue weighted by Crippen LogP contribution is 2.36. The van der Waals surface area contributed by atoms with Crippen molar-refractivity contribution < 1.29 is 8.42 Å². The molecule has 1 aliphatic carbocycles. The zero-order valence-electron chi connectivity index (χ0n) is 11.3. The van der Waals surface area contributed by atoms with E-state index in [9.17, 15) is 8.42 Å². The summed E-state index contributed by atoms with van der Waals surface area (Å²) in [4.78, 5) is 0.358. The van der Waals surface area contributed by atoms with Gasteiger partial charge in [0.25, 0.3) is 0 Å². The number of nitrogens with two attached hydrogens (primary N) is 1. The van der Waals surface area contributed by atoms with E-state index >= 15 is 0 Å². The van der Waals surface area contributed by atoms with Crippen molar-refractivity contribution >= 4 is 9.84 Å². The van der Waals surface area contributed by atoms with Crippen molar-refractivity contribution in [1.29, 1.82) is 0 Å². The molecule has 20 heavy (non-hydrogen) atoms. The monoisotopic (exact) mass is 287 g/mol. The molecular formula is C16H17NO2S. The Hall–Kier alpha value is -1.65. The van der Waals surface area contributed by atoms with Crippen LogP contribution in [0.2, 0.25) is 0 Å². The van der Waals surface area contributed by atoms with E-state index in [1.165, 1.54) is 0 Å². The molecule has 4 heteroatoms. The van der Waals surface area contributed by atoms with Crippen LogP contribution in [-0.2, 0) is 16.3 Å². The minimum Gasteiger partial charge on any atom is -0.323 e. The highest BCUT2D eigenvalue weighted by molar-refractivity contribution is 7.92. The summed E-state index contributed by atoms with van der Waals surface area (Å²) in [6.45, 7) is 1.94. The largest absolute Gasteiger partial charge is 0.323 e. The summed E-state index contributed by atoms with van der Waals surface area (Å²) >= 11 is 0. The van der Waals surface area contributed by atoms with Crippen molar-refractivity contribution in [3.05, 3.63) is 65.2 Å². The van der Waals surface area contributed by atoms with Gasteiger partial charge < -0.3 is 5.73 Å². The van der Waals surface area contributed by atoms with Crippen LogP contribution in [0, 0.1) is 6.92 Å². The molecule has 2 aromatic rings. The fraction of sp³-hybridized carbons (Fsp3) is 0.250. The van der Waals surface area contributed by atoms with Gasteiger partial charge in [-0.25, -0.2) is 8.42 Å². The van der Waals surface area contributed by atoms with E-state index in [1.54, 1.807) is 12.1 Å². The Balaban J connectivity index is 2.00. The van der Waals surface area contributed by atoms with Crippen molar-refractivity contribution in [2.24, 2.45) is 5.73 Å². The van der Waals surface area contributed by atoms with Gasteiger partial charge in [0, 0.05) is 6.04 Å². The molecule has 0 saturated carbocycles. The van der Waals surface area contributed by atoms with Gasteiger partial charge in [-0.1, -0.05) is 42.0 Å². The number of fused-ring (bicyclic) bond motifs is 1. The number of aryl methyl sites for hydroxylation is 1. The van der Waals surface area contributed by atoms with Crippen LogP contribution in [-0.4, -0.2) is 13.7 Å². The van der Waals surface area contributed by atoms with Gasteiger partial charge in [0.1, 0.15) is 0 Å². The zero-order chi connectivity index (χ0) is 14.3. The van der Waals surface area contributed by atoms with Crippen molar-refractivity contribution in [2.75, 3.05) is 0 Å². The molecular weight excluding hydrogens is 270 g/mol. The van der Waals surface area contributed by atoms with Crippen LogP contribution in [0.25, 0.3) is 0 Å². The zero-order valence-corrected chi connectivity index (χ0v) is 12.1. The van der Waals surface area contributed by atoms with Crippen LogP contribution in [0.3, 0.4) is 0 Å². The molecule has 0 saturated heterocycles. The maximum Gasteiger partial charge on any atom is 0.183 e. The van der Waals surface area contributed by atoms with E-state index in [2.05, 4.69) is 0 Å². The van der Waals surface area contributed by atoms with Crippen molar-refractivity contribution in [3.8, 4) is 0 Å². The summed E-state index contributed by atoms with van der Waals surface area (Å²) in [7, 11) is -3.40. The Kier molecular flexibility index (Phi) is 3.15. The molecule has 3 rings (SSSR count). The van der Waals surface area contributed by atoms with Crippen molar-refractivity contribution in [2.45, 2.75) is 29.5 Å². The summed E-state index contributed by atoms with van der Waals surface area (Å²) in [6.07, 6.45) is 0.494. The first-order chi connectivity index (χ1) is 9.50. The molecule has 104 valence electrons. The SMILES string of the molecule is Cc1ccc(S(=O)(=O)C2Cc3ccccc3C2N)cc1. The summed E-state index contributed by atoms with van der Waals surface area (Å²) in [6, 6.07) is 14.2. The summed E-state index contributed by atoms with van der Waals surface area (Å²) < 4.78 is 25.5. The first-order valence-electron chi connectivity index (χ1n) is 6.64. The van der Waals surface area contributed by atoms with E-state index in [4.69, 9.17) is 5.73 Å². The molecule has 2 atom stereocenters. The van der Waals surface area contributed by atoms with Crippen LogP contribution >= 0.6 is 0 Å². The molecule has 2 N–H and O–H groups in total. The minimum atomic E-state index is -3.40. The van der Waals surface area contributed by atoms with Crippen LogP contribution < -0.4 is 5.73 Å². The lowest BCUT2D eigenvalue weighted by atomic mass is 10.1. The second-order valence-corrected chi connectivity index (χ2v) is 7.49. The highest BCUT2D eigenvalue weighted by Gasteiger charge is 2.39. The van der Waals surface area contributed by atoms with Gasteiger partial charge in [0.15, 0.2) is 9.84 Å². The molecule has 0 heterocycles. The summed E-state index contributed by atoms with van der Waals surface area (Å²) in [5, 5.41) is -0.567. The molecule has 0 radical (unpaired) electrons. The van der Waals surface area contributed by atoms with Gasteiger partial charge in [-0.05, 0) is 36.6 Å². The third kappa shape index (κ3) is 2.05. The quantitative estimate of drug-likeness (QED) is 0.922. The van der Waals surface area contributed by atoms with Gasteiger partial charge in [0.2, 0.25) is 0 Å². The molecule has 2 aromatic carbocycles. The lowest BCUT2D eigenvalue weighted by Crippen LogP contribution is -2.30. The fourth-order valence-corrected chi connectivity index (χ4v) is 4.59. The molecule has 0 spiro atoms. The molecule has 1 aliphatic rings. The maximum atomic E-state index is 12.7. The van der Waals surface area contributed by atoms with Gasteiger partial charge in [-0.2, -0.15) is 0 Å². The number of hydrogen-bond acceptors (Lipinski definition) is 3. The topological polar surface area (TPSA) is 60.2 Å². The third-order valence-corrected chi connectivity index (χ3v) is 6.17. The molecule has 2 unspecified atom stereocenters. The molecule has 0 bridgehead atoms. The maximum absolute atomic E-state index is 12.7. The van der Waals surface area contributed by atoms with Crippen LogP contribution in [0.5, 0.6) is 0 Å². The van der Waals surface area contributed by atoms with Crippen LogP contribution in [0.1, 0.15) is 22.7 Å². The molecule has 3 nitrogen and oxygen atoms in total. The van der Waals surface area contributed by atoms with E-state index in [0.29, 0.717) is 11.3 Å². The first-order valence-corrected chi connectivity index (χ1v) is 8.19.